The summed E-state index contributed by atoms with van der Waals surface area (Å²) in [6.45, 7) is 4.43. The minimum atomic E-state index is -1.22. The number of hydrogen-bond donors (Lipinski definition) is 2. The quantitative estimate of drug-likeness (QED) is 0.634. The van der Waals surface area contributed by atoms with Crippen LogP contribution in [0.15, 0.2) is 0 Å². The van der Waals surface area contributed by atoms with Gasteiger partial charge in [0.15, 0.2) is 0 Å². The number of likely N-dealkylation sites (N-methyl/N-ethyl adjacent to an activating group) is 1. The van der Waals surface area contributed by atoms with Crippen molar-refractivity contribution < 1.29 is 14.7 Å². The summed E-state index contributed by atoms with van der Waals surface area (Å²) in [7, 11) is 1.43. The first-order valence-corrected chi connectivity index (χ1v) is 3.98. The lowest BCUT2D eigenvalue weighted by atomic mass is 10.0. The van der Waals surface area contributed by atoms with Gasteiger partial charge in [0.2, 0.25) is 5.91 Å². The molecule has 0 bridgehead atoms. The average Bonchev–Trinajstić information content (AvgIpc) is 2.01. The highest BCUT2D eigenvalue weighted by Crippen LogP contribution is 2.12. The lowest BCUT2D eigenvalue weighted by Crippen LogP contribution is -2.54. The standard InChI is InChI=1S/C8H16N2O3/c1-5(9)6(11)10(4)8(2,3)7(12)13/h5H,9H2,1-4H3,(H,12,13). The van der Waals surface area contributed by atoms with Crippen molar-refractivity contribution >= 4 is 11.9 Å². The van der Waals surface area contributed by atoms with Crippen molar-refractivity contribution in [2.24, 2.45) is 5.73 Å². The molecule has 0 fully saturated rings. The second-order valence-electron chi connectivity index (χ2n) is 3.55. The van der Waals surface area contributed by atoms with Crippen LogP contribution >= 0.6 is 0 Å². The van der Waals surface area contributed by atoms with Crippen LogP contribution in [0.2, 0.25) is 0 Å². The number of carboxylic acid groups (broad SMARTS) is 1. The maximum absolute atomic E-state index is 11.3. The fraction of sp³-hybridized carbons (Fsp3) is 0.750. The Balaban J connectivity index is 4.68. The predicted octanol–water partition coefficient (Wildman–Crippen LogP) is -0.345. The van der Waals surface area contributed by atoms with Gasteiger partial charge in [-0.05, 0) is 20.8 Å². The summed E-state index contributed by atoms with van der Waals surface area (Å²) < 4.78 is 0. The van der Waals surface area contributed by atoms with Crippen LogP contribution in [-0.2, 0) is 9.59 Å². The molecule has 0 saturated carbocycles. The van der Waals surface area contributed by atoms with Gasteiger partial charge in [-0.3, -0.25) is 4.79 Å². The zero-order chi connectivity index (χ0) is 10.8. The number of nitrogens with zero attached hydrogens (tertiary/aromatic N) is 1. The second-order valence-corrected chi connectivity index (χ2v) is 3.55. The third kappa shape index (κ3) is 2.42. The molecule has 0 aliphatic heterocycles. The molecule has 1 amide bonds. The third-order valence-corrected chi connectivity index (χ3v) is 2.08. The minimum absolute atomic E-state index is 0.382. The van der Waals surface area contributed by atoms with Crippen molar-refractivity contribution in [3.8, 4) is 0 Å². The smallest absolute Gasteiger partial charge is 0.329 e. The van der Waals surface area contributed by atoms with Gasteiger partial charge in [-0.2, -0.15) is 0 Å². The summed E-state index contributed by atoms with van der Waals surface area (Å²) in [5, 5.41) is 8.81. The summed E-state index contributed by atoms with van der Waals surface area (Å²) in [6.07, 6.45) is 0. The molecule has 0 aromatic carbocycles. The van der Waals surface area contributed by atoms with E-state index in [1.54, 1.807) is 0 Å². The summed E-state index contributed by atoms with van der Waals surface area (Å²) >= 11 is 0. The molecule has 0 spiro atoms. The maximum atomic E-state index is 11.3. The summed E-state index contributed by atoms with van der Waals surface area (Å²) in [6, 6.07) is -0.677. The highest BCUT2D eigenvalue weighted by Gasteiger charge is 2.35. The van der Waals surface area contributed by atoms with E-state index in [1.807, 2.05) is 0 Å². The van der Waals surface area contributed by atoms with Crippen LogP contribution < -0.4 is 5.73 Å². The first-order valence-electron chi connectivity index (χ1n) is 3.98. The molecular formula is C8H16N2O3. The number of hydrogen-bond acceptors (Lipinski definition) is 3. The molecule has 13 heavy (non-hydrogen) atoms. The first-order chi connectivity index (χ1) is 5.71. The highest BCUT2D eigenvalue weighted by molar-refractivity contribution is 5.88. The van der Waals surface area contributed by atoms with Crippen molar-refractivity contribution in [2.75, 3.05) is 7.05 Å². The molecule has 0 aromatic rings. The Morgan fingerprint density at radius 3 is 2.08 bits per heavy atom. The molecule has 0 radical (unpaired) electrons. The van der Waals surface area contributed by atoms with Gasteiger partial charge in [-0.25, -0.2) is 4.79 Å². The van der Waals surface area contributed by atoms with E-state index in [4.69, 9.17) is 10.8 Å². The first kappa shape index (κ1) is 11.9. The topological polar surface area (TPSA) is 83.6 Å². The number of rotatable bonds is 3. The van der Waals surface area contributed by atoms with Crippen LogP contribution in [0.4, 0.5) is 0 Å². The fourth-order valence-electron chi connectivity index (χ4n) is 0.724. The van der Waals surface area contributed by atoms with Gasteiger partial charge in [0, 0.05) is 7.05 Å². The summed E-state index contributed by atoms with van der Waals surface area (Å²) in [4.78, 5) is 23.2. The van der Waals surface area contributed by atoms with Crippen LogP contribution in [0, 0.1) is 0 Å². The van der Waals surface area contributed by atoms with Crippen LogP contribution in [-0.4, -0.2) is 40.5 Å². The average molecular weight is 188 g/mol. The van der Waals surface area contributed by atoms with E-state index in [9.17, 15) is 9.59 Å². The number of aliphatic carboxylic acids is 1. The van der Waals surface area contributed by atoms with Gasteiger partial charge in [0.25, 0.3) is 0 Å². The zero-order valence-electron chi connectivity index (χ0n) is 8.37. The van der Waals surface area contributed by atoms with Gasteiger partial charge in [0.1, 0.15) is 5.54 Å². The Bertz CT molecular complexity index is 223. The molecule has 0 saturated heterocycles. The number of nitrogens with two attached hydrogens (primary N) is 1. The molecule has 0 rings (SSSR count). The highest BCUT2D eigenvalue weighted by atomic mass is 16.4. The zero-order valence-corrected chi connectivity index (χ0v) is 8.37. The Kier molecular flexibility index (Phi) is 3.42. The Morgan fingerprint density at radius 2 is 1.85 bits per heavy atom. The Morgan fingerprint density at radius 1 is 1.46 bits per heavy atom. The number of amides is 1. The van der Waals surface area contributed by atoms with E-state index in [2.05, 4.69) is 0 Å². The van der Waals surface area contributed by atoms with Gasteiger partial charge in [0.05, 0.1) is 6.04 Å². The van der Waals surface area contributed by atoms with Gasteiger partial charge < -0.3 is 15.7 Å². The Hall–Kier alpha value is -1.10. The van der Waals surface area contributed by atoms with Crippen LogP contribution in [0.3, 0.4) is 0 Å². The van der Waals surface area contributed by atoms with Gasteiger partial charge >= 0.3 is 5.97 Å². The van der Waals surface area contributed by atoms with Crippen molar-refractivity contribution in [2.45, 2.75) is 32.4 Å². The van der Waals surface area contributed by atoms with Crippen molar-refractivity contribution in [1.82, 2.24) is 4.90 Å². The molecule has 0 aliphatic carbocycles. The predicted molar refractivity (Wildman–Crippen MR) is 48.1 cm³/mol. The molecule has 0 heterocycles. The van der Waals surface area contributed by atoms with Crippen molar-refractivity contribution in [1.29, 1.82) is 0 Å². The monoisotopic (exact) mass is 188 g/mol. The lowest BCUT2D eigenvalue weighted by molar-refractivity contribution is -0.155. The molecule has 0 aromatic heterocycles. The molecule has 3 N–H and O–H groups in total. The molecular weight excluding hydrogens is 172 g/mol. The second kappa shape index (κ2) is 3.74. The van der Waals surface area contributed by atoms with E-state index >= 15 is 0 Å². The van der Waals surface area contributed by atoms with Gasteiger partial charge in [-0.1, -0.05) is 0 Å². The third-order valence-electron chi connectivity index (χ3n) is 2.08. The van der Waals surface area contributed by atoms with E-state index in [-0.39, 0.29) is 5.91 Å². The number of carbonyl (C=O) groups excluding carboxylic acids is 1. The molecule has 5 heteroatoms. The maximum Gasteiger partial charge on any atom is 0.329 e. The minimum Gasteiger partial charge on any atom is -0.480 e. The number of carboxylic acids is 1. The lowest BCUT2D eigenvalue weighted by Gasteiger charge is -2.32. The summed E-state index contributed by atoms with van der Waals surface area (Å²) in [5.74, 6) is -1.43. The normalized spacial score (nSPS) is 13.6. The van der Waals surface area contributed by atoms with Crippen LogP contribution in [0.25, 0.3) is 0 Å². The van der Waals surface area contributed by atoms with Gasteiger partial charge in [-0.15, -0.1) is 0 Å². The van der Waals surface area contributed by atoms with E-state index in [1.165, 1.54) is 27.8 Å². The van der Waals surface area contributed by atoms with E-state index in [0.29, 0.717) is 0 Å². The van der Waals surface area contributed by atoms with Crippen LogP contribution in [0.5, 0.6) is 0 Å². The Labute approximate surface area is 77.5 Å². The van der Waals surface area contributed by atoms with Crippen LogP contribution in [0.1, 0.15) is 20.8 Å². The SMILES string of the molecule is CC(N)C(=O)N(C)C(C)(C)C(=O)O. The fourth-order valence-corrected chi connectivity index (χ4v) is 0.724. The van der Waals surface area contributed by atoms with Crippen molar-refractivity contribution in [3.63, 3.8) is 0 Å². The molecule has 0 aliphatic rings. The largest absolute Gasteiger partial charge is 0.480 e. The molecule has 5 nitrogen and oxygen atoms in total. The van der Waals surface area contributed by atoms with E-state index < -0.39 is 17.6 Å². The van der Waals surface area contributed by atoms with E-state index in [0.717, 1.165) is 4.90 Å². The number of carbonyl (C=O) groups is 2. The molecule has 1 atom stereocenters. The molecule has 1 unspecified atom stereocenters. The molecule has 76 valence electrons. The van der Waals surface area contributed by atoms with Crippen molar-refractivity contribution in [3.05, 3.63) is 0 Å². The summed E-state index contributed by atoms with van der Waals surface area (Å²) in [5.41, 5.74) is 4.13.